The van der Waals surface area contributed by atoms with Gasteiger partial charge in [0.1, 0.15) is 0 Å². The van der Waals surface area contributed by atoms with Gasteiger partial charge in [0.05, 0.1) is 5.02 Å². The molecule has 1 amide bonds. The van der Waals surface area contributed by atoms with Crippen molar-refractivity contribution in [3.63, 3.8) is 0 Å². The summed E-state index contributed by atoms with van der Waals surface area (Å²) in [5.41, 5.74) is 0.935. The van der Waals surface area contributed by atoms with Crippen LogP contribution in [-0.2, 0) is 14.8 Å². The van der Waals surface area contributed by atoms with Gasteiger partial charge in [-0.2, -0.15) is 8.42 Å². The first kappa shape index (κ1) is 14.9. The molecule has 2 aromatic rings. The average molecular weight is 338 g/mol. The second kappa shape index (κ2) is 5.66. The number of nitrogens with one attached hydrogen (secondary N) is 1. The van der Waals surface area contributed by atoms with Crippen molar-refractivity contribution in [1.29, 1.82) is 0 Å². The standard InChI is InChI=1S/C14H12ClN3O3S/c15-10-3-4-13(17-8-10)22(20,21)18-14(19)12-6-11(12)9-2-1-5-16-7-9/h1-5,7-8,11-12H,6H2,(H,18,19)/t11-,12+/m0/s1. The number of pyridine rings is 2. The van der Waals surface area contributed by atoms with Crippen LogP contribution < -0.4 is 4.72 Å². The first-order valence-corrected chi connectivity index (χ1v) is 8.41. The van der Waals surface area contributed by atoms with Gasteiger partial charge in [-0.1, -0.05) is 17.7 Å². The third-order valence-corrected chi connectivity index (χ3v) is 4.94. The van der Waals surface area contributed by atoms with Gasteiger partial charge in [0.15, 0.2) is 5.03 Å². The van der Waals surface area contributed by atoms with Gasteiger partial charge in [0.25, 0.3) is 10.0 Å². The van der Waals surface area contributed by atoms with Crippen LogP contribution in [0, 0.1) is 5.92 Å². The molecule has 0 saturated heterocycles. The van der Waals surface area contributed by atoms with Gasteiger partial charge in [0, 0.05) is 24.5 Å². The van der Waals surface area contributed by atoms with Gasteiger partial charge >= 0.3 is 0 Å². The fourth-order valence-electron chi connectivity index (χ4n) is 2.23. The second-order valence-corrected chi connectivity index (χ2v) is 7.09. The predicted molar refractivity (Wildman–Crippen MR) is 79.7 cm³/mol. The van der Waals surface area contributed by atoms with Crippen molar-refractivity contribution < 1.29 is 13.2 Å². The van der Waals surface area contributed by atoms with Gasteiger partial charge in [-0.15, -0.1) is 0 Å². The number of aromatic nitrogens is 2. The minimum atomic E-state index is -3.97. The molecule has 1 fully saturated rings. The number of halogens is 1. The summed E-state index contributed by atoms with van der Waals surface area (Å²) in [5.74, 6) is -0.862. The Bertz CT molecular complexity index is 794. The zero-order chi connectivity index (χ0) is 15.7. The van der Waals surface area contributed by atoms with Crippen LogP contribution in [0.5, 0.6) is 0 Å². The Labute approximate surface area is 132 Å². The lowest BCUT2D eigenvalue weighted by molar-refractivity contribution is -0.120. The summed E-state index contributed by atoms with van der Waals surface area (Å²) in [5, 5.41) is 0.0907. The van der Waals surface area contributed by atoms with Crippen LogP contribution in [0.4, 0.5) is 0 Å². The number of rotatable bonds is 4. The van der Waals surface area contributed by atoms with Gasteiger partial charge in [0.2, 0.25) is 5.91 Å². The van der Waals surface area contributed by atoms with Gasteiger partial charge in [-0.25, -0.2) is 9.71 Å². The SMILES string of the molecule is O=C(NS(=O)(=O)c1ccc(Cl)cn1)[C@@H]1C[C@H]1c1cccnc1. The monoisotopic (exact) mass is 337 g/mol. The zero-order valence-corrected chi connectivity index (χ0v) is 12.9. The molecule has 6 nitrogen and oxygen atoms in total. The van der Waals surface area contributed by atoms with Crippen LogP contribution in [0.25, 0.3) is 0 Å². The van der Waals surface area contributed by atoms with E-state index < -0.39 is 15.9 Å². The highest BCUT2D eigenvalue weighted by Gasteiger charge is 2.45. The van der Waals surface area contributed by atoms with Crippen molar-refractivity contribution in [3.05, 3.63) is 53.4 Å². The molecule has 0 aliphatic heterocycles. The molecule has 2 heterocycles. The van der Waals surface area contributed by atoms with E-state index in [0.29, 0.717) is 11.4 Å². The topological polar surface area (TPSA) is 89.0 Å². The molecule has 0 spiro atoms. The lowest BCUT2D eigenvalue weighted by Crippen LogP contribution is -2.32. The number of carbonyl (C=O) groups excluding carboxylic acids is 1. The maximum absolute atomic E-state index is 12.1. The molecule has 0 radical (unpaired) electrons. The minimum Gasteiger partial charge on any atom is -0.274 e. The van der Waals surface area contributed by atoms with Crippen LogP contribution in [0.15, 0.2) is 47.9 Å². The number of hydrogen-bond donors (Lipinski definition) is 1. The first-order chi connectivity index (χ1) is 10.5. The van der Waals surface area contributed by atoms with Crippen molar-refractivity contribution in [3.8, 4) is 0 Å². The van der Waals surface area contributed by atoms with E-state index in [-0.39, 0.29) is 16.9 Å². The summed E-state index contributed by atoms with van der Waals surface area (Å²) in [6.45, 7) is 0. The molecule has 1 saturated carbocycles. The molecule has 3 rings (SSSR count). The van der Waals surface area contributed by atoms with E-state index in [1.165, 1.54) is 18.3 Å². The van der Waals surface area contributed by atoms with Crippen LogP contribution in [-0.4, -0.2) is 24.3 Å². The Balaban J connectivity index is 1.69. The normalized spacial score (nSPS) is 20.4. The molecule has 2 aromatic heterocycles. The smallest absolute Gasteiger partial charge is 0.274 e. The summed E-state index contributed by atoms with van der Waals surface area (Å²) in [6.07, 6.45) is 5.17. The van der Waals surface area contributed by atoms with Crippen molar-refractivity contribution >= 4 is 27.5 Å². The molecule has 0 bridgehead atoms. The third kappa shape index (κ3) is 3.10. The summed E-state index contributed by atoms with van der Waals surface area (Å²) >= 11 is 5.66. The van der Waals surface area contributed by atoms with Crippen molar-refractivity contribution in [2.45, 2.75) is 17.4 Å². The van der Waals surface area contributed by atoms with Crippen LogP contribution in [0.1, 0.15) is 17.9 Å². The Morgan fingerprint density at radius 1 is 1.27 bits per heavy atom. The van der Waals surface area contributed by atoms with Gasteiger partial charge in [-0.05, 0) is 36.1 Å². The van der Waals surface area contributed by atoms with E-state index in [1.807, 2.05) is 6.07 Å². The fraction of sp³-hybridized carbons (Fsp3) is 0.214. The molecule has 0 aromatic carbocycles. The summed E-state index contributed by atoms with van der Waals surface area (Å²) in [6, 6.07) is 6.32. The van der Waals surface area contributed by atoms with Crippen molar-refractivity contribution in [1.82, 2.24) is 14.7 Å². The fourth-order valence-corrected chi connectivity index (χ4v) is 3.30. The quantitative estimate of drug-likeness (QED) is 0.917. The Hall–Kier alpha value is -1.99. The Kier molecular flexibility index (Phi) is 3.84. The van der Waals surface area contributed by atoms with E-state index in [0.717, 1.165) is 5.56 Å². The van der Waals surface area contributed by atoms with E-state index in [9.17, 15) is 13.2 Å². The minimum absolute atomic E-state index is 0.0158. The molecular weight excluding hydrogens is 326 g/mol. The van der Waals surface area contributed by atoms with E-state index in [1.54, 1.807) is 18.5 Å². The van der Waals surface area contributed by atoms with Crippen LogP contribution in [0.2, 0.25) is 5.02 Å². The zero-order valence-electron chi connectivity index (χ0n) is 11.3. The van der Waals surface area contributed by atoms with Crippen molar-refractivity contribution in [2.75, 3.05) is 0 Å². The van der Waals surface area contributed by atoms with E-state index in [4.69, 9.17) is 11.6 Å². The molecule has 8 heteroatoms. The number of nitrogens with zero attached hydrogens (tertiary/aromatic N) is 2. The number of amides is 1. The maximum Gasteiger partial charge on any atom is 0.281 e. The Morgan fingerprint density at radius 3 is 2.73 bits per heavy atom. The molecule has 1 N–H and O–H groups in total. The molecule has 1 aliphatic rings. The first-order valence-electron chi connectivity index (χ1n) is 6.55. The highest BCUT2D eigenvalue weighted by atomic mass is 35.5. The number of carbonyl (C=O) groups is 1. The highest BCUT2D eigenvalue weighted by Crippen LogP contribution is 2.47. The lowest BCUT2D eigenvalue weighted by atomic mass is 10.1. The highest BCUT2D eigenvalue weighted by molar-refractivity contribution is 7.90. The Morgan fingerprint density at radius 2 is 2.09 bits per heavy atom. The van der Waals surface area contributed by atoms with Gasteiger partial charge < -0.3 is 0 Å². The maximum atomic E-state index is 12.1. The largest absolute Gasteiger partial charge is 0.281 e. The summed E-state index contributed by atoms with van der Waals surface area (Å²) in [4.78, 5) is 19.8. The molecular formula is C14H12ClN3O3S. The third-order valence-electron chi connectivity index (χ3n) is 3.45. The molecule has 22 heavy (non-hydrogen) atoms. The average Bonchev–Trinajstić information content (AvgIpc) is 3.29. The van der Waals surface area contributed by atoms with Crippen LogP contribution in [0.3, 0.4) is 0 Å². The second-order valence-electron chi connectivity index (χ2n) is 5.02. The molecule has 114 valence electrons. The molecule has 2 atom stereocenters. The number of hydrogen-bond acceptors (Lipinski definition) is 5. The van der Waals surface area contributed by atoms with Gasteiger partial charge in [-0.3, -0.25) is 9.78 Å². The van der Waals surface area contributed by atoms with E-state index in [2.05, 4.69) is 14.7 Å². The lowest BCUT2D eigenvalue weighted by Gasteiger charge is -2.06. The summed E-state index contributed by atoms with van der Waals surface area (Å²) in [7, 11) is -3.97. The number of sulfonamides is 1. The van der Waals surface area contributed by atoms with Crippen LogP contribution >= 0.6 is 11.6 Å². The molecule has 1 aliphatic carbocycles. The van der Waals surface area contributed by atoms with Crippen molar-refractivity contribution in [2.24, 2.45) is 5.92 Å². The van der Waals surface area contributed by atoms with E-state index >= 15 is 0 Å². The predicted octanol–water partition coefficient (Wildman–Crippen LogP) is 1.74. The molecule has 0 unspecified atom stereocenters. The summed E-state index contributed by atoms with van der Waals surface area (Å²) < 4.78 is 26.2.